The van der Waals surface area contributed by atoms with Crippen molar-refractivity contribution in [2.24, 2.45) is 0 Å². The van der Waals surface area contributed by atoms with Crippen molar-refractivity contribution in [1.82, 2.24) is 10.6 Å². The zero-order chi connectivity index (χ0) is 14.6. The molecule has 0 heterocycles. The van der Waals surface area contributed by atoms with Crippen molar-refractivity contribution < 1.29 is 9.53 Å². The van der Waals surface area contributed by atoms with Crippen molar-refractivity contribution in [2.45, 2.75) is 32.2 Å². The normalized spacial score (nSPS) is 12.1. The van der Waals surface area contributed by atoms with Gasteiger partial charge >= 0.3 is 0 Å². The van der Waals surface area contributed by atoms with E-state index >= 15 is 0 Å². The SMILES string of the molecule is CCCC(Cc1ccccc1)NC(=O)CNCCOC. The fourth-order valence-corrected chi connectivity index (χ4v) is 2.13. The van der Waals surface area contributed by atoms with Crippen molar-refractivity contribution >= 4 is 5.91 Å². The third kappa shape index (κ3) is 7.26. The Bertz CT molecular complexity index is 368. The number of benzene rings is 1. The summed E-state index contributed by atoms with van der Waals surface area (Å²) in [5.41, 5.74) is 1.26. The Morgan fingerprint density at radius 2 is 2.05 bits per heavy atom. The van der Waals surface area contributed by atoms with Crippen molar-refractivity contribution in [1.29, 1.82) is 0 Å². The lowest BCUT2D eigenvalue weighted by atomic mass is 10.0. The molecule has 1 unspecified atom stereocenters. The van der Waals surface area contributed by atoms with Crippen molar-refractivity contribution in [3.63, 3.8) is 0 Å². The first-order valence-corrected chi connectivity index (χ1v) is 7.29. The van der Waals surface area contributed by atoms with Crippen LogP contribution in [0.1, 0.15) is 25.3 Å². The molecule has 0 bridgehead atoms. The summed E-state index contributed by atoms with van der Waals surface area (Å²) in [5, 5.41) is 6.16. The Hall–Kier alpha value is -1.39. The highest BCUT2D eigenvalue weighted by Gasteiger charge is 2.11. The number of hydrogen-bond donors (Lipinski definition) is 2. The number of amides is 1. The van der Waals surface area contributed by atoms with Crippen LogP contribution in [0.25, 0.3) is 0 Å². The first-order chi connectivity index (χ1) is 9.76. The molecule has 4 nitrogen and oxygen atoms in total. The van der Waals surface area contributed by atoms with Crippen LogP contribution in [-0.4, -0.2) is 38.8 Å². The number of ether oxygens (including phenoxy) is 1. The van der Waals surface area contributed by atoms with Crippen LogP contribution in [0.3, 0.4) is 0 Å². The predicted octanol–water partition coefficient (Wildman–Crippen LogP) is 1.75. The smallest absolute Gasteiger partial charge is 0.234 e. The Labute approximate surface area is 121 Å². The topological polar surface area (TPSA) is 50.4 Å². The fourth-order valence-electron chi connectivity index (χ4n) is 2.13. The van der Waals surface area contributed by atoms with Crippen LogP contribution < -0.4 is 10.6 Å². The summed E-state index contributed by atoms with van der Waals surface area (Å²) >= 11 is 0. The van der Waals surface area contributed by atoms with Gasteiger partial charge in [0.2, 0.25) is 5.91 Å². The van der Waals surface area contributed by atoms with E-state index in [-0.39, 0.29) is 11.9 Å². The van der Waals surface area contributed by atoms with E-state index in [9.17, 15) is 4.79 Å². The van der Waals surface area contributed by atoms with Crippen LogP contribution in [0.5, 0.6) is 0 Å². The summed E-state index contributed by atoms with van der Waals surface area (Å²) in [6, 6.07) is 10.5. The van der Waals surface area contributed by atoms with Gasteiger partial charge in [0, 0.05) is 19.7 Å². The zero-order valence-electron chi connectivity index (χ0n) is 12.5. The van der Waals surface area contributed by atoms with E-state index in [0.717, 1.165) is 19.3 Å². The third-order valence-corrected chi connectivity index (χ3v) is 3.10. The van der Waals surface area contributed by atoms with Gasteiger partial charge in [-0.05, 0) is 18.4 Å². The highest BCUT2D eigenvalue weighted by molar-refractivity contribution is 5.78. The molecule has 1 rings (SSSR count). The van der Waals surface area contributed by atoms with Crippen molar-refractivity contribution in [3.05, 3.63) is 35.9 Å². The minimum absolute atomic E-state index is 0.0514. The van der Waals surface area contributed by atoms with E-state index in [2.05, 4.69) is 29.7 Å². The Morgan fingerprint density at radius 1 is 1.30 bits per heavy atom. The van der Waals surface area contributed by atoms with Crippen LogP contribution in [0, 0.1) is 0 Å². The van der Waals surface area contributed by atoms with E-state index in [4.69, 9.17) is 4.74 Å². The molecular formula is C16H26N2O2. The first kappa shape index (κ1) is 16.7. The lowest BCUT2D eigenvalue weighted by Crippen LogP contribution is -2.42. The second kappa shape index (κ2) is 10.4. The van der Waals surface area contributed by atoms with Gasteiger partial charge in [0.15, 0.2) is 0 Å². The molecule has 1 aromatic carbocycles. The number of carbonyl (C=O) groups is 1. The summed E-state index contributed by atoms with van der Waals surface area (Å²) in [6.45, 7) is 3.80. The molecule has 2 N–H and O–H groups in total. The van der Waals surface area contributed by atoms with Gasteiger partial charge in [-0.25, -0.2) is 0 Å². The van der Waals surface area contributed by atoms with Gasteiger partial charge in [0.25, 0.3) is 0 Å². The largest absolute Gasteiger partial charge is 0.383 e. The molecule has 0 fully saturated rings. The Morgan fingerprint density at radius 3 is 2.70 bits per heavy atom. The second-order valence-electron chi connectivity index (χ2n) is 4.91. The predicted molar refractivity (Wildman–Crippen MR) is 81.7 cm³/mol. The molecule has 112 valence electrons. The van der Waals surface area contributed by atoms with Gasteiger partial charge in [-0.1, -0.05) is 43.7 Å². The second-order valence-corrected chi connectivity index (χ2v) is 4.91. The summed E-state index contributed by atoms with van der Waals surface area (Å²) in [6.07, 6.45) is 2.95. The van der Waals surface area contributed by atoms with Crippen molar-refractivity contribution in [2.75, 3.05) is 26.8 Å². The van der Waals surface area contributed by atoms with E-state index in [1.807, 2.05) is 18.2 Å². The maximum absolute atomic E-state index is 11.9. The average Bonchev–Trinajstić information content (AvgIpc) is 2.45. The molecule has 0 aromatic heterocycles. The number of nitrogens with one attached hydrogen (secondary N) is 2. The van der Waals surface area contributed by atoms with Gasteiger partial charge in [-0.2, -0.15) is 0 Å². The highest BCUT2D eigenvalue weighted by atomic mass is 16.5. The van der Waals surface area contributed by atoms with Crippen LogP contribution in [0.2, 0.25) is 0 Å². The van der Waals surface area contributed by atoms with E-state index in [1.54, 1.807) is 7.11 Å². The molecule has 1 atom stereocenters. The lowest BCUT2D eigenvalue weighted by Gasteiger charge is -2.18. The maximum atomic E-state index is 11.9. The molecule has 4 heteroatoms. The van der Waals surface area contributed by atoms with E-state index < -0.39 is 0 Å². The minimum atomic E-state index is 0.0514. The monoisotopic (exact) mass is 278 g/mol. The molecule has 0 saturated heterocycles. The summed E-state index contributed by atoms with van der Waals surface area (Å²) in [4.78, 5) is 11.9. The molecule has 1 aromatic rings. The number of hydrogen-bond acceptors (Lipinski definition) is 3. The molecule has 20 heavy (non-hydrogen) atoms. The molecule has 0 radical (unpaired) electrons. The fraction of sp³-hybridized carbons (Fsp3) is 0.562. The molecular weight excluding hydrogens is 252 g/mol. The van der Waals surface area contributed by atoms with Crippen LogP contribution in [0.15, 0.2) is 30.3 Å². The molecule has 0 spiro atoms. The van der Waals surface area contributed by atoms with Crippen LogP contribution in [0.4, 0.5) is 0 Å². The van der Waals surface area contributed by atoms with E-state index in [0.29, 0.717) is 19.7 Å². The van der Waals surface area contributed by atoms with Gasteiger partial charge in [0.05, 0.1) is 13.2 Å². The molecule has 0 aliphatic heterocycles. The Balaban J connectivity index is 2.36. The quantitative estimate of drug-likeness (QED) is 0.641. The lowest BCUT2D eigenvalue weighted by molar-refractivity contribution is -0.121. The van der Waals surface area contributed by atoms with Crippen molar-refractivity contribution in [3.8, 4) is 0 Å². The third-order valence-electron chi connectivity index (χ3n) is 3.10. The summed E-state index contributed by atoms with van der Waals surface area (Å²) in [5.74, 6) is 0.0514. The molecule has 0 saturated carbocycles. The number of methoxy groups -OCH3 is 1. The molecule has 1 amide bonds. The zero-order valence-corrected chi connectivity index (χ0v) is 12.5. The van der Waals surface area contributed by atoms with Gasteiger partial charge in [-0.3, -0.25) is 4.79 Å². The number of rotatable bonds is 10. The minimum Gasteiger partial charge on any atom is -0.383 e. The maximum Gasteiger partial charge on any atom is 0.234 e. The van der Waals surface area contributed by atoms with Crippen LogP contribution in [-0.2, 0) is 16.0 Å². The van der Waals surface area contributed by atoms with Gasteiger partial charge < -0.3 is 15.4 Å². The highest BCUT2D eigenvalue weighted by Crippen LogP contribution is 2.07. The van der Waals surface area contributed by atoms with Gasteiger partial charge in [0.1, 0.15) is 0 Å². The van der Waals surface area contributed by atoms with E-state index in [1.165, 1.54) is 5.56 Å². The first-order valence-electron chi connectivity index (χ1n) is 7.29. The molecule has 0 aliphatic carbocycles. The number of carbonyl (C=O) groups excluding carboxylic acids is 1. The van der Waals surface area contributed by atoms with Gasteiger partial charge in [-0.15, -0.1) is 0 Å². The summed E-state index contributed by atoms with van der Waals surface area (Å²) in [7, 11) is 1.65. The molecule has 0 aliphatic rings. The summed E-state index contributed by atoms with van der Waals surface area (Å²) < 4.78 is 4.93. The standard InChI is InChI=1S/C16H26N2O2/c1-3-7-15(12-14-8-5-4-6-9-14)18-16(19)13-17-10-11-20-2/h4-6,8-9,15,17H,3,7,10-13H2,1-2H3,(H,18,19). The Kier molecular flexibility index (Phi) is 8.67. The average molecular weight is 278 g/mol. The van der Waals surface area contributed by atoms with Crippen LogP contribution >= 0.6 is 0 Å².